The molecule has 0 fully saturated rings. The standard InChI is InChI=1S/C12H12FN3O5S/c1-16-11(12(17)18)9(6-14-16)15-22(19,20)7-3-4-10(21-2)8(13)5-7/h3-6,15H,1-2H3,(H,17,18). The summed E-state index contributed by atoms with van der Waals surface area (Å²) in [5, 5.41) is 12.7. The largest absolute Gasteiger partial charge is 0.494 e. The molecule has 0 saturated heterocycles. The number of hydrogen-bond donors (Lipinski definition) is 2. The molecule has 0 saturated carbocycles. The van der Waals surface area contributed by atoms with Gasteiger partial charge in [0.15, 0.2) is 17.3 Å². The van der Waals surface area contributed by atoms with Gasteiger partial charge in [-0.1, -0.05) is 0 Å². The molecular formula is C12H12FN3O5S. The number of ether oxygens (including phenoxy) is 1. The summed E-state index contributed by atoms with van der Waals surface area (Å²) in [5.74, 6) is -2.31. The zero-order chi connectivity index (χ0) is 16.5. The van der Waals surface area contributed by atoms with Gasteiger partial charge in [0.25, 0.3) is 10.0 Å². The Balaban J connectivity index is 2.40. The third-order valence-electron chi connectivity index (χ3n) is 2.82. The number of aromatic carboxylic acids is 1. The zero-order valence-electron chi connectivity index (χ0n) is 11.6. The fourth-order valence-corrected chi connectivity index (χ4v) is 2.85. The molecule has 118 valence electrons. The Bertz CT molecular complexity index is 831. The van der Waals surface area contributed by atoms with Crippen LogP contribution in [0.25, 0.3) is 0 Å². The van der Waals surface area contributed by atoms with E-state index < -0.39 is 21.8 Å². The molecule has 0 bridgehead atoms. The van der Waals surface area contributed by atoms with Crippen molar-refractivity contribution in [1.29, 1.82) is 0 Å². The van der Waals surface area contributed by atoms with Crippen LogP contribution < -0.4 is 9.46 Å². The number of carboxylic acid groups (broad SMARTS) is 1. The summed E-state index contributed by atoms with van der Waals surface area (Å²) in [6.45, 7) is 0. The van der Waals surface area contributed by atoms with E-state index in [-0.39, 0.29) is 22.0 Å². The summed E-state index contributed by atoms with van der Waals surface area (Å²) in [6.07, 6.45) is 1.06. The fourth-order valence-electron chi connectivity index (χ4n) is 1.78. The number of carbonyl (C=O) groups is 1. The monoisotopic (exact) mass is 329 g/mol. The maximum Gasteiger partial charge on any atom is 0.356 e. The number of nitrogens with one attached hydrogen (secondary N) is 1. The van der Waals surface area contributed by atoms with Crippen LogP contribution in [0.2, 0.25) is 0 Å². The molecule has 0 spiro atoms. The van der Waals surface area contributed by atoms with E-state index in [1.165, 1.54) is 14.2 Å². The van der Waals surface area contributed by atoms with Gasteiger partial charge in [0.2, 0.25) is 0 Å². The third kappa shape index (κ3) is 2.86. The van der Waals surface area contributed by atoms with Gasteiger partial charge in [-0.15, -0.1) is 0 Å². The predicted molar refractivity (Wildman–Crippen MR) is 73.9 cm³/mol. The van der Waals surface area contributed by atoms with Gasteiger partial charge in [0, 0.05) is 7.05 Å². The van der Waals surface area contributed by atoms with E-state index in [0.29, 0.717) is 0 Å². The molecule has 8 nitrogen and oxygen atoms in total. The molecule has 0 unspecified atom stereocenters. The second kappa shape index (κ2) is 5.64. The Morgan fingerprint density at radius 1 is 1.45 bits per heavy atom. The minimum atomic E-state index is -4.17. The van der Waals surface area contributed by atoms with Crippen molar-refractivity contribution in [3.05, 3.63) is 35.9 Å². The van der Waals surface area contributed by atoms with Gasteiger partial charge in [-0.2, -0.15) is 5.10 Å². The number of hydrogen-bond acceptors (Lipinski definition) is 5. The zero-order valence-corrected chi connectivity index (χ0v) is 12.4. The molecule has 0 amide bonds. The third-order valence-corrected chi connectivity index (χ3v) is 4.18. The number of carboxylic acids is 1. The summed E-state index contributed by atoms with van der Waals surface area (Å²) in [5.41, 5.74) is -0.552. The highest BCUT2D eigenvalue weighted by Gasteiger charge is 2.22. The first-order valence-electron chi connectivity index (χ1n) is 5.88. The van der Waals surface area contributed by atoms with Gasteiger partial charge >= 0.3 is 5.97 Å². The number of anilines is 1. The van der Waals surface area contributed by atoms with Crippen molar-refractivity contribution in [3.63, 3.8) is 0 Å². The van der Waals surface area contributed by atoms with Crippen molar-refractivity contribution in [1.82, 2.24) is 9.78 Å². The van der Waals surface area contributed by atoms with Crippen molar-refractivity contribution in [3.8, 4) is 5.75 Å². The number of rotatable bonds is 5. The van der Waals surface area contributed by atoms with Crippen LogP contribution >= 0.6 is 0 Å². The van der Waals surface area contributed by atoms with E-state index in [2.05, 4.69) is 9.82 Å². The minimum Gasteiger partial charge on any atom is -0.494 e. The van der Waals surface area contributed by atoms with E-state index in [9.17, 15) is 17.6 Å². The molecular weight excluding hydrogens is 317 g/mol. The van der Waals surface area contributed by atoms with Gasteiger partial charge in [-0.05, 0) is 18.2 Å². The van der Waals surface area contributed by atoms with Crippen LogP contribution in [0.5, 0.6) is 5.75 Å². The number of halogens is 1. The van der Waals surface area contributed by atoms with Gasteiger partial charge in [-0.25, -0.2) is 17.6 Å². The molecule has 0 atom stereocenters. The van der Waals surface area contributed by atoms with E-state index in [4.69, 9.17) is 9.84 Å². The summed E-state index contributed by atoms with van der Waals surface area (Å²) < 4.78 is 45.8. The first kappa shape index (κ1) is 15.8. The molecule has 2 N–H and O–H groups in total. The van der Waals surface area contributed by atoms with Crippen LogP contribution in [0.1, 0.15) is 10.5 Å². The molecule has 0 radical (unpaired) electrons. The van der Waals surface area contributed by atoms with Crippen LogP contribution in [-0.4, -0.2) is 36.4 Å². The molecule has 0 aliphatic rings. The molecule has 1 aromatic heterocycles. The maximum atomic E-state index is 13.6. The van der Waals surface area contributed by atoms with Crippen LogP contribution in [0, 0.1) is 5.82 Å². The van der Waals surface area contributed by atoms with Gasteiger partial charge in [-0.3, -0.25) is 9.40 Å². The minimum absolute atomic E-state index is 0.105. The Morgan fingerprint density at radius 2 is 2.14 bits per heavy atom. The SMILES string of the molecule is COc1ccc(S(=O)(=O)Nc2cnn(C)c2C(=O)O)cc1F. The lowest BCUT2D eigenvalue weighted by atomic mass is 10.3. The number of aryl methyl sites for hydroxylation is 1. The van der Waals surface area contributed by atoms with Crippen LogP contribution in [-0.2, 0) is 17.1 Å². The highest BCUT2D eigenvalue weighted by atomic mass is 32.2. The Labute approximate surface area is 125 Å². The van der Waals surface area contributed by atoms with E-state index in [0.717, 1.165) is 29.1 Å². The summed E-state index contributed by atoms with van der Waals surface area (Å²) in [4.78, 5) is 10.7. The van der Waals surface area contributed by atoms with Crippen LogP contribution in [0.15, 0.2) is 29.3 Å². The molecule has 10 heteroatoms. The Morgan fingerprint density at radius 3 is 2.68 bits per heavy atom. The van der Waals surface area contributed by atoms with Gasteiger partial charge in [0.05, 0.1) is 18.2 Å². The number of sulfonamides is 1. The lowest BCUT2D eigenvalue weighted by Gasteiger charge is -2.09. The summed E-state index contributed by atoms with van der Waals surface area (Å²) in [6, 6.07) is 3.07. The van der Waals surface area contributed by atoms with Crippen LogP contribution in [0.4, 0.5) is 10.1 Å². The lowest BCUT2D eigenvalue weighted by Crippen LogP contribution is -2.16. The second-order valence-corrected chi connectivity index (χ2v) is 5.92. The molecule has 0 aliphatic heterocycles. The molecule has 1 aromatic carbocycles. The normalized spacial score (nSPS) is 11.2. The molecule has 2 aromatic rings. The van der Waals surface area contributed by atoms with Crippen molar-refractivity contribution >= 4 is 21.7 Å². The molecule has 0 aliphatic carbocycles. The Hall–Kier alpha value is -2.62. The molecule has 1 heterocycles. The number of aromatic nitrogens is 2. The quantitative estimate of drug-likeness (QED) is 0.849. The Kier molecular flexibility index (Phi) is 4.04. The van der Waals surface area contributed by atoms with Crippen molar-refractivity contribution < 1.29 is 27.4 Å². The number of nitrogens with zero attached hydrogens (tertiary/aromatic N) is 2. The van der Waals surface area contributed by atoms with Crippen molar-refractivity contribution in [2.75, 3.05) is 11.8 Å². The topological polar surface area (TPSA) is 111 Å². The average molecular weight is 329 g/mol. The fraction of sp³-hybridized carbons (Fsp3) is 0.167. The first-order valence-corrected chi connectivity index (χ1v) is 7.36. The highest BCUT2D eigenvalue weighted by Crippen LogP contribution is 2.23. The summed E-state index contributed by atoms with van der Waals surface area (Å²) >= 11 is 0. The first-order chi connectivity index (χ1) is 10.3. The molecule has 22 heavy (non-hydrogen) atoms. The van der Waals surface area contributed by atoms with Gasteiger partial charge < -0.3 is 9.84 Å². The van der Waals surface area contributed by atoms with Crippen molar-refractivity contribution in [2.45, 2.75) is 4.90 Å². The highest BCUT2D eigenvalue weighted by molar-refractivity contribution is 7.92. The van der Waals surface area contributed by atoms with Gasteiger partial charge in [0.1, 0.15) is 5.69 Å². The van der Waals surface area contributed by atoms with E-state index in [1.807, 2.05) is 0 Å². The van der Waals surface area contributed by atoms with Crippen LogP contribution in [0.3, 0.4) is 0 Å². The number of benzene rings is 1. The number of methoxy groups -OCH3 is 1. The lowest BCUT2D eigenvalue weighted by molar-refractivity contribution is 0.0686. The predicted octanol–water partition coefficient (Wildman–Crippen LogP) is 1.07. The van der Waals surface area contributed by atoms with E-state index in [1.54, 1.807) is 0 Å². The van der Waals surface area contributed by atoms with Crippen molar-refractivity contribution in [2.24, 2.45) is 7.05 Å². The second-order valence-electron chi connectivity index (χ2n) is 4.24. The average Bonchev–Trinajstić information content (AvgIpc) is 2.78. The summed E-state index contributed by atoms with van der Waals surface area (Å²) in [7, 11) is -1.56. The molecule has 2 rings (SSSR count). The smallest absolute Gasteiger partial charge is 0.356 e. The van der Waals surface area contributed by atoms with E-state index >= 15 is 0 Å². The maximum absolute atomic E-state index is 13.6.